The summed E-state index contributed by atoms with van der Waals surface area (Å²) in [5.41, 5.74) is 1.21. The lowest BCUT2D eigenvalue weighted by Crippen LogP contribution is -2.08. The van der Waals surface area contributed by atoms with Crippen molar-refractivity contribution in [2.75, 3.05) is 0 Å². The van der Waals surface area contributed by atoms with Crippen LogP contribution in [0.4, 0.5) is 0 Å². The quantitative estimate of drug-likeness (QED) is 0.605. The molecule has 19 heavy (non-hydrogen) atoms. The van der Waals surface area contributed by atoms with Gasteiger partial charge in [-0.15, -0.1) is 0 Å². The highest BCUT2D eigenvalue weighted by Gasteiger charge is 2.08. The van der Waals surface area contributed by atoms with Crippen LogP contribution in [0.25, 0.3) is 0 Å². The van der Waals surface area contributed by atoms with Crippen molar-refractivity contribution in [3.05, 3.63) is 18.0 Å². The van der Waals surface area contributed by atoms with Crippen molar-refractivity contribution in [3.63, 3.8) is 0 Å². The maximum absolute atomic E-state index is 5.45. The maximum atomic E-state index is 5.45. The van der Waals surface area contributed by atoms with E-state index in [4.69, 9.17) is 4.74 Å². The van der Waals surface area contributed by atoms with Crippen molar-refractivity contribution < 1.29 is 4.74 Å². The van der Waals surface area contributed by atoms with Crippen LogP contribution in [0.2, 0.25) is 0 Å². The normalized spacial score (nSPS) is 12.7. The Labute approximate surface area is 117 Å². The Balaban J connectivity index is 2.33. The average Bonchev–Trinajstić information content (AvgIpc) is 2.38. The molecule has 1 heterocycles. The van der Waals surface area contributed by atoms with Crippen LogP contribution in [0.1, 0.15) is 77.7 Å². The maximum Gasteiger partial charge on any atom is 0.316 e. The predicted molar refractivity (Wildman–Crippen MR) is 79.6 cm³/mol. The highest BCUT2D eigenvalue weighted by molar-refractivity contribution is 5.12. The summed E-state index contributed by atoms with van der Waals surface area (Å²) < 4.78 is 5.45. The van der Waals surface area contributed by atoms with Crippen molar-refractivity contribution in [3.8, 4) is 6.01 Å². The molecule has 1 rings (SSSR count). The first-order valence-electron chi connectivity index (χ1n) is 7.62. The molecule has 3 heteroatoms. The van der Waals surface area contributed by atoms with Gasteiger partial charge in [-0.05, 0) is 31.7 Å². The van der Waals surface area contributed by atoms with Gasteiger partial charge in [-0.2, -0.15) is 0 Å². The minimum absolute atomic E-state index is 0.127. The van der Waals surface area contributed by atoms with E-state index >= 15 is 0 Å². The minimum atomic E-state index is 0.127. The van der Waals surface area contributed by atoms with E-state index in [1.54, 1.807) is 0 Å². The molecule has 1 atom stereocenters. The van der Waals surface area contributed by atoms with Gasteiger partial charge in [0.2, 0.25) is 0 Å². The van der Waals surface area contributed by atoms with E-state index in [-0.39, 0.29) is 6.10 Å². The molecule has 0 radical (unpaired) electrons. The molecule has 0 aliphatic rings. The summed E-state index contributed by atoms with van der Waals surface area (Å²) >= 11 is 0. The Kier molecular flexibility index (Phi) is 7.46. The molecule has 1 aromatic rings. The van der Waals surface area contributed by atoms with E-state index in [2.05, 4.69) is 23.8 Å². The smallest absolute Gasteiger partial charge is 0.316 e. The summed E-state index contributed by atoms with van der Waals surface area (Å²) in [5, 5.41) is 0. The summed E-state index contributed by atoms with van der Waals surface area (Å²) in [5.74, 6) is 0.537. The number of rotatable bonds is 9. The van der Waals surface area contributed by atoms with E-state index in [1.165, 1.54) is 44.1 Å². The lowest BCUT2D eigenvalue weighted by molar-refractivity contribution is 0.222. The standard InChI is InChI=1S/C16H28N2O/c1-5-6-7-8-9-10-14(4)15-11-17-16(18-12-15)19-13(2)3/h11-14H,5-10H2,1-4H3. The van der Waals surface area contributed by atoms with Crippen molar-refractivity contribution >= 4 is 0 Å². The average molecular weight is 264 g/mol. The summed E-state index contributed by atoms with van der Waals surface area (Å²) in [4.78, 5) is 8.53. The molecule has 0 bridgehead atoms. The van der Waals surface area contributed by atoms with Gasteiger partial charge in [0, 0.05) is 12.4 Å². The Bertz CT molecular complexity index is 335. The largest absolute Gasteiger partial charge is 0.461 e. The fourth-order valence-electron chi connectivity index (χ4n) is 2.07. The zero-order valence-electron chi connectivity index (χ0n) is 12.9. The van der Waals surface area contributed by atoms with Gasteiger partial charge in [-0.1, -0.05) is 46.0 Å². The van der Waals surface area contributed by atoms with Crippen LogP contribution in [0.3, 0.4) is 0 Å². The number of unbranched alkanes of at least 4 members (excludes halogenated alkanes) is 4. The third-order valence-corrected chi connectivity index (χ3v) is 3.30. The van der Waals surface area contributed by atoms with Gasteiger partial charge in [0.25, 0.3) is 0 Å². The lowest BCUT2D eigenvalue weighted by atomic mass is 9.97. The van der Waals surface area contributed by atoms with Gasteiger partial charge in [0.05, 0.1) is 6.10 Å². The fourth-order valence-corrected chi connectivity index (χ4v) is 2.07. The van der Waals surface area contributed by atoms with Gasteiger partial charge in [-0.3, -0.25) is 0 Å². The third-order valence-electron chi connectivity index (χ3n) is 3.30. The first-order valence-corrected chi connectivity index (χ1v) is 7.62. The van der Waals surface area contributed by atoms with Crippen molar-refractivity contribution in [2.24, 2.45) is 0 Å². The van der Waals surface area contributed by atoms with Gasteiger partial charge in [0.1, 0.15) is 0 Å². The molecule has 0 N–H and O–H groups in total. The summed E-state index contributed by atoms with van der Waals surface area (Å²) in [6.45, 7) is 8.47. The summed E-state index contributed by atoms with van der Waals surface area (Å²) in [6.07, 6.45) is 11.8. The third kappa shape index (κ3) is 6.55. The molecule has 1 aromatic heterocycles. The van der Waals surface area contributed by atoms with Crippen molar-refractivity contribution in [1.29, 1.82) is 0 Å². The molecule has 0 saturated carbocycles. The first kappa shape index (κ1) is 15.9. The second-order valence-electron chi connectivity index (χ2n) is 5.57. The Morgan fingerprint density at radius 2 is 1.63 bits per heavy atom. The number of hydrogen-bond acceptors (Lipinski definition) is 3. The number of aromatic nitrogens is 2. The van der Waals surface area contributed by atoms with E-state index in [9.17, 15) is 0 Å². The van der Waals surface area contributed by atoms with Gasteiger partial charge >= 0.3 is 6.01 Å². The Morgan fingerprint density at radius 3 is 2.21 bits per heavy atom. The van der Waals surface area contributed by atoms with Crippen LogP contribution in [0, 0.1) is 0 Å². The molecule has 3 nitrogen and oxygen atoms in total. The first-order chi connectivity index (χ1) is 9.13. The van der Waals surface area contributed by atoms with Gasteiger partial charge < -0.3 is 4.74 Å². The molecule has 0 saturated heterocycles. The van der Waals surface area contributed by atoms with Gasteiger partial charge in [0.15, 0.2) is 0 Å². The van der Waals surface area contributed by atoms with E-state index < -0.39 is 0 Å². The molecule has 0 aliphatic carbocycles. The molecule has 0 amide bonds. The molecule has 108 valence electrons. The van der Waals surface area contributed by atoms with Crippen molar-refractivity contribution in [1.82, 2.24) is 9.97 Å². The number of ether oxygens (including phenoxy) is 1. The molecule has 0 fully saturated rings. The summed E-state index contributed by atoms with van der Waals surface area (Å²) in [6, 6.07) is 0.480. The van der Waals surface area contributed by atoms with Crippen LogP contribution < -0.4 is 4.74 Å². The zero-order chi connectivity index (χ0) is 14.1. The summed E-state index contributed by atoms with van der Waals surface area (Å²) in [7, 11) is 0. The second kappa shape index (κ2) is 8.89. The monoisotopic (exact) mass is 264 g/mol. The van der Waals surface area contributed by atoms with Crippen LogP contribution in [0.15, 0.2) is 12.4 Å². The molecular weight excluding hydrogens is 236 g/mol. The number of nitrogens with zero attached hydrogens (tertiary/aromatic N) is 2. The van der Waals surface area contributed by atoms with Crippen LogP contribution in [-0.4, -0.2) is 16.1 Å². The predicted octanol–water partition coefficient (Wildman–Crippen LogP) is 4.73. The fraction of sp³-hybridized carbons (Fsp3) is 0.750. The van der Waals surface area contributed by atoms with Crippen LogP contribution in [-0.2, 0) is 0 Å². The Hall–Kier alpha value is -1.12. The molecular formula is C16H28N2O. The van der Waals surface area contributed by atoms with E-state index in [0.717, 1.165) is 0 Å². The topological polar surface area (TPSA) is 35.0 Å². The minimum Gasteiger partial charge on any atom is -0.461 e. The van der Waals surface area contributed by atoms with Crippen molar-refractivity contribution in [2.45, 2.75) is 78.2 Å². The molecule has 0 aromatic carbocycles. The lowest BCUT2D eigenvalue weighted by Gasteiger charge is -2.12. The molecule has 0 spiro atoms. The van der Waals surface area contributed by atoms with E-state index in [0.29, 0.717) is 11.9 Å². The highest BCUT2D eigenvalue weighted by atomic mass is 16.5. The highest BCUT2D eigenvalue weighted by Crippen LogP contribution is 2.21. The second-order valence-corrected chi connectivity index (χ2v) is 5.57. The molecule has 1 unspecified atom stereocenters. The van der Waals surface area contributed by atoms with Gasteiger partial charge in [-0.25, -0.2) is 9.97 Å². The SMILES string of the molecule is CCCCCCCC(C)c1cnc(OC(C)C)nc1. The number of hydrogen-bond donors (Lipinski definition) is 0. The zero-order valence-corrected chi connectivity index (χ0v) is 12.9. The van der Waals surface area contributed by atoms with E-state index in [1.807, 2.05) is 26.2 Å². The Morgan fingerprint density at radius 1 is 1.00 bits per heavy atom. The van der Waals surface area contributed by atoms with Crippen LogP contribution >= 0.6 is 0 Å². The van der Waals surface area contributed by atoms with Crippen LogP contribution in [0.5, 0.6) is 6.01 Å². The molecule has 0 aliphatic heterocycles.